The van der Waals surface area contributed by atoms with Crippen molar-refractivity contribution in [3.05, 3.63) is 29.8 Å². The van der Waals surface area contributed by atoms with Crippen molar-refractivity contribution in [1.82, 2.24) is 5.32 Å². The molecule has 2 N–H and O–H groups in total. The molecule has 0 aromatic heterocycles. The first kappa shape index (κ1) is 12.1. The second-order valence-electron chi connectivity index (χ2n) is 3.73. The van der Waals surface area contributed by atoms with Gasteiger partial charge in [0.05, 0.1) is 12.0 Å². The Balaban J connectivity index is 2.43. The number of nitrogens with zero attached hydrogens (tertiary/aromatic N) is 1. The van der Waals surface area contributed by atoms with Crippen LogP contribution >= 0.6 is 0 Å². The predicted octanol–water partition coefficient (Wildman–Crippen LogP) is 2.28. The summed E-state index contributed by atoms with van der Waals surface area (Å²) in [6, 6.07) is 9.31. The standard InChI is InChI=1S/C12H15N3O/c1-9-4-3-5-11(6-9)15-12(16)14-8-10(2)7-13/h3-6,10H,8H2,1-2H3,(H2,14,15,16). The molecule has 0 spiro atoms. The van der Waals surface area contributed by atoms with Crippen LogP contribution in [0.3, 0.4) is 0 Å². The normalized spacial score (nSPS) is 11.3. The molecule has 1 unspecified atom stereocenters. The fourth-order valence-electron chi connectivity index (χ4n) is 1.19. The van der Waals surface area contributed by atoms with Crippen LogP contribution in [0.4, 0.5) is 10.5 Å². The molecule has 1 rings (SSSR count). The second kappa shape index (κ2) is 5.76. The van der Waals surface area contributed by atoms with E-state index in [9.17, 15) is 4.79 Å². The molecule has 0 aliphatic heterocycles. The molecule has 1 atom stereocenters. The Morgan fingerprint density at radius 3 is 2.94 bits per heavy atom. The summed E-state index contributed by atoms with van der Waals surface area (Å²) in [6.45, 7) is 4.07. The molecular formula is C12H15N3O. The number of rotatable bonds is 3. The first-order valence-corrected chi connectivity index (χ1v) is 5.13. The monoisotopic (exact) mass is 217 g/mol. The minimum atomic E-state index is -0.285. The van der Waals surface area contributed by atoms with E-state index in [2.05, 4.69) is 16.7 Å². The molecule has 0 fully saturated rings. The van der Waals surface area contributed by atoms with Crippen molar-refractivity contribution in [1.29, 1.82) is 5.26 Å². The Morgan fingerprint density at radius 2 is 2.31 bits per heavy atom. The zero-order valence-corrected chi connectivity index (χ0v) is 9.45. The Bertz CT molecular complexity index is 409. The van der Waals surface area contributed by atoms with Gasteiger partial charge in [-0.3, -0.25) is 0 Å². The van der Waals surface area contributed by atoms with Gasteiger partial charge in [-0.1, -0.05) is 12.1 Å². The molecule has 0 radical (unpaired) electrons. The number of amides is 2. The van der Waals surface area contributed by atoms with Crippen LogP contribution in [0.15, 0.2) is 24.3 Å². The molecule has 0 aliphatic rings. The third kappa shape index (κ3) is 4.01. The number of urea groups is 1. The largest absolute Gasteiger partial charge is 0.337 e. The highest BCUT2D eigenvalue weighted by Gasteiger charge is 2.04. The molecule has 16 heavy (non-hydrogen) atoms. The van der Waals surface area contributed by atoms with Gasteiger partial charge in [-0.15, -0.1) is 0 Å². The Kier molecular flexibility index (Phi) is 4.34. The molecular weight excluding hydrogens is 202 g/mol. The summed E-state index contributed by atoms with van der Waals surface area (Å²) >= 11 is 0. The lowest BCUT2D eigenvalue weighted by Gasteiger charge is -2.08. The van der Waals surface area contributed by atoms with Crippen LogP contribution in [0, 0.1) is 24.2 Å². The first-order chi connectivity index (χ1) is 7.61. The predicted molar refractivity (Wildman–Crippen MR) is 63.0 cm³/mol. The summed E-state index contributed by atoms with van der Waals surface area (Å²) in [6.07, 6.45) is 0. The van der Waals surface area contributed by atoms with Crippen molar-refractivity contribution < 1.29 is 4.79 Å². The number of hydrogen-bond acceptors (Lipinski definition) is 2. The number of aryl methyl sites for hydroxylation is 1. The van der Waals surface area contributed by atoms with E-state index < -0.39 is 0 Å². The lowest BCUT2D eigenvalue weighted by atomic mass is 10.2. The number of nitriles is 1. The fourth-order valence-corrected chi connectivity index (χ4v) is 1.19. The Hall–Kier alpha value is -2.02. The van der Waals surface area contributed by atoms with Crippen LogP contribution in [0.5, 0.6) is 0 Å². The van der Waals surface area contributed by atoms with Crippen LogP contribution in [-0.4, -0.2) is 12.6 Å². The summed E-state index contributed by atoms with van der Waals surface area (Å²) in [5.74, 6) is -0.178. The molecule has 0 heterocycles. The van der Waals surface area contributed by atoms with Crippen LogP contribution in [0.1, 0.15) is 12.5 Å². The number of nitrogens with one attached hydrogen (secondary N) is 2. The fraction of sp³-hybridized carbons (Fsp3) is 0.333. The van der Waals surface area contributed by atoms with E-state index in [1.54, 1.807) is 6.92 Å². The van der Waals surface area contributed by atoms with E-state index in [0.29, 0.717) is 6.54 Å². The van der Waals surface area contributed by atoms with Gasteiger partial charge in [0.15, 0.2) is 0 Å². The summed E-state index contributed by atoms with van der Waals surface area (Å²) in [5, 5.41) is 13.9. The van der Waals surface area contributed by atoms with Gasteiger partial charge in [0.2, 0.25) is 0 Å². The van der Waals surface area contributed by atoms with E-state index in [-0.39, 0.29) is 11.9 Å². The summed E-state index contributed by atoms with van der Waals surface area (Å²) < 4.78 is 0. The van der Waals surface area contributed by atoms with Crippen LogP contribution < -0.4 is 10.6 Å². The third-order valence-electron chi connectivity index (χ3n) is 2.07. The number of anilines is 1. The minimum Gasteiger partial charge on any atom is -0.337 e. The number of hydrogen-bond donors (Lipinski definition) is 2. The quantitative estimate of drug-likeness (QED) is 0.815. The van der Waals surface area contributed by atoms with Crippen molar-refractivity contribution in [2.75, 3.05) is 11.9 Å². The maximum atomic E-state index is 11.4. The topological polar surface area (TPSA) is 64.9 Å². The zero-order chi connectivity index (χ0) is 12.0. The van der Waals surface area contributed by atoms with E-state index in [0.717, 1.165) is 11.3 Å². The summed E-state index contributed by atoms with van der Waals surface area (Å²) in [4.78, 5) is 11.4. The molecule has 0 aliphatic carbocycles. The van der Waals surface area contributed by atoms with Crippen molar-refractivity contribution in [3.8, 4) is 6.07 Å². The number of benzene rings is 1. The maximum absolute atomic E-state index is 11.4. The van der Waals surface area contributed by atoms with E-state index >= 15 is 0 Å². The number of carbonyl (C=O) groups is 1. The highest BCUT2D eigenvalue weighted by Crippen LogP contribution is 2.08. The number of carbonyl (C=O) groups excluding carboxylic acids is 1. The molecule has 1 aromatic carbocycles. The molecule has 2 amide bonds. The molecule has 84 valence electrons. The zero-order valence-electron chi connectivity index (χ0n) is 9.45. The first-order valence-electron chi connectivity index (χ1n) is 5.13. The van der Waals surface area contributed by atoms with Crippen LogP contribution in [0.2, 0.25) is 0 Å². The van der Waals surface area contributed by atoms with E-state index in [4.69, 9.17) is 5.26 Å². The van der Waals surface area contributed by atoms with Gasteiger partial charge < -0.3 is 10.6 Å². The molecule has 4 heteroatoms. The van der Waals surface area contributed by atoms with Crippen molar-refractivity contribution in [3.63, 3.8) is 0 Å². The highest BCUT2D eigenvalue weighted by atomic mass is 16.2. The van der Waals surface area contributed by atoms with Crippen molar-refractivity contribution in [2.45, 2.75) is 13.8 Å². The summed E-state index contributed by atoms with van der Waals surface area (Å²) in [7, 11) is 0. The Morgan fingerprint density at radius 1 is 1.56 bits per heavy atom. The van der Waals surface area contributed by atoms with E-state index in [1.807, 2.05) is 31.2 Å². The SMILES string of the molecule is Cc1cccc(NC(=O)NCC(C)C#N)c1. The van der Waals surface area contributed by atoms with Crippen molar-refractivity contribution >= 4 is 11.7 Å². The van der Waals surface area contributed by atoms with Gasteiger partial charge in [-0.25, -0.2) is 4.79 Å². The highest BCUT2D eigenvalue weighted by molar-refractivity contribution is 5.89. The summed E-state index contributed by atoms with van der Waals surface area (Å²) in [5.41, 5.74) is 1.84. The smallest absolute Gasteiger partial charge is 0.319 e. The molecule has 1 aromatic rings. The van der Waals surface area contributed by atoms with Gasteiger partial charge in [0, 0.05) is 12.2 Å². The van der Waals surface area contributed by atoms with E-state index in [1.165, 1.54) is 0 Å². The second-order valence-corrected chi connectivity index (χ2v) is 3.73. The van der Waals surface area contributed by atoms with Gasteiger partial charge in [-0.05, 0) is 31.5 Å². The molecule has 0 saturated heterocycles. The van der Waals surface area contributed by atoms with Crippen molar-refractivity contribution in [2.24, 2.45) is 5.92 Å². The Labute approximate surface area is 95.3 Å². The van der Waals surface area contributed by atoms with Gasteiger partial charge in [0.25, 0.3) is 0 Å². The molecule has 0 saturated carbocycles. The average Bonchev–Trinajstić information content (AvgIpc) is 2.26. The minimum absolute atomic E-state index is 0.178. The van der Waals surface area contributed by atoms with Crippen LogP contribution in [0.25, 0.3) is 0 Å². The maximum Gasteiger partial charge on any atom is 0.319 e. The average molecular weight is 217 g/mol. The molecule has 4 nitrogen and oxygen atoms in total. The molecule has 0 bridgehead atoms. The van der Waals surface area contributed by atoms with Gasteiger partial charge in [-0.2, -0.15) is 5.26 Å². The lowest BCUT2D eigenvalue weighted by Crippen LogP contribution is -2.31. The van der Waals surface area contributed by atoms with Crippen LogP contribution in [-0.2, 0) is 0 Å². The van der Waals surface area contributed by atoms with Gasteiger partial charge >= 0.3 is 6.03 Å². The van der Waals surface area contributed by atoms with Gasteiger partial charge in [0.1, 0.15) is 0 Å². The lowest BCUT2D eigenvalue weighted by molar-refractivity contribution is 0.251. The third-order valence-corrected chi connectivity index (χ3v) is 2.07.